The summed E-state index contributed by atoms with van der Waals surface area (Å²) in [6.07, 6.45) is 2.48. The predicted octanol–water partition coefficient (Wildman–Crippen LogP) is 2.94. The van der Waals surface area contributed by atoms with Gasteiger partial charge in [-0.25, -0.2) is 4.79 Å². The van der Waals surface area contributed by atoms with Crippen LogP contribution in [-0.4, -0.2) is 24.0 Å². The van der Waals surface area contributed by atoms with Crippen molar-refractivity contribution in [1.29, 1.82) is 0 Å². The fraction of sp³-hybridized carbons (Fsp3) is 0.625. The Morgan fingerprint density at radius 1 is 1.38 bits per heavy atom. The Morgan fingerprint density at radius 3 is 2.76 bits per heavy atom. The van der Waals surface area contributed by atoms with Crippen LogP contribution in [0.15, 0.2) is 6.07 Å². The fourth-order valence-electron chi connectivity index (χ4n) is 2.48. The van der Waals surface area contributed by atoms with Crippen molar-refractivity contribution >= 4 is 23.2 Å². The number of hydrogen-bond acceptors (Lipinski definition) is 4. The molecule has 1 aliphatic carbocycles. The number of aryl methyl sites for hydroxylation is 1. The zero-order chi connectivity index (χ0) is 15.6. The van der Waals surface area contributed by atoms with E-state index in [0.717, 1.165) is 12.8 Å². The molecule has 5 heteroatoms. The maximum absolute atomic E-state index is 12.2. The SMILES string of the molecule is CC(C)NC(=O)[C@@H](C)OC(=O)c1cc2c(s1)CC[C@H](C)C2. The van der Waals surface area contributed by atoms with Gasteiger partial charge in [0.25, 0.3) is 5.91 Å². The Morgan fingerprint density at radius 2 is 2.10 bits per heavy atom. The molecule has 0 saturated carbocycles. The van der Waals surface area contributed by atoms with Crippen molar-refractivity contribution in [2.75, 3.05) is 0 Å². The Labute approximate surface area is 129 Å². The van der Waals surface area contributed by atoms with Crippen LogP contribution in [0.25, 0.3) is 0 Å². The number of ether oxygens (including phenoxy) is 1. The number of carbonyl (C=O) groups excluding carboxylic acids is 2. The highest BCUT2D eigenvalue weighted by Crippen LogP contribution is 2.32. The van der Waals surface area contributed by atoms with Gasteiger partial charge in [-0.2, -0.15) is 0 Å². The molecule has 0 aliphatic heterocycles. The molecule has 4 nitrogen and oxygen atoms in total. The summed E-state index contributed by atoms with van der Waals surface area (Å²) in [4.78, 5) is 25.8. The maximum Gasteiger partial charge on any atom is 0.349 e. The monoisotopic (exact) mass is 309 g/mol. The Balaban J connectivity index is 1.99. The summed E-state index contributed by atoms with van der Waals surface area (Å²) in [5, 5.41) is 2.74. The number of hydrogen-bond donors (Lipinski definition) is 1. The van der Waals surface area contributed by atoms with Gasteiger partial charge in [-0.15, -0.1) is 11.3 Å². The van der Waals surface area contributed by atoms with Gasteiger partial charge in [-0.3, -0.25) is 4.79 Å². The molecule has 1 amide bonds. The average Bonchev–Trinajstić information content (AvgIpc) is 2.80. The van der Waals surface area contributed by atoms with Crippen LogP contribution in [0.3, 0.4) is 0 Å². The summed E-state index contributed by atoms with van der Waals surface area (Å²) < 4.78 is 5.26. The van der Waals surface area contributed by atoms with Gasteiger partial charge in [0.2, 0.25) is 0 Å². The van der Waals surface area contributed by atoms with E-state index in [1.807, 2.05) is 19.9 Å². The highest BCUT2D eigenvalue weighted by molar-refractivity contribution is 7.14. The quantitative estimate of drug-likeness (QED) is 0.870. The fourth-order valence-corrected chi connectivity index (χ4v) is 3.57. The molecule has 1 aliphatic rings. The third-order valence-corrected chi connectivity index (χ3v) is 4.83. The van der Waals surface area contributed by atoms with Crippen molar-refractivity contribution in [2.45, 2.75) is 59.1 Å². The Kier molecular flexibility index (Phi) is 5.04. The smallest absolute Gasteiger partial charge is 0.349 e. The third kappa shape index (κ3) is 4.06. The Bertz CT molecular complexity index is 536. The second kappa shape index (κ2) is 6.60. The molecular formula is C16H23NO3S. The molecule has 2 rings (SSSR count). The van der Waals surface area contributed by atoms with E-state index in [-0.39, 0.29) is 11.9 Å². The molecule has 116 valence electrons. The number of thiophene rings is 1. The molecule has 0 spiro atoms. The number of esters is 1. The molecular weight excluding hydrogens is 286 g/mol. The topological polar surface area (TPSA) is 55.4 Å². The maximum atomic E-state index is 12.2. The van der Waals surface area contributed by atoms with Gasteiger partial charge in [0.05, 0.1) is 0 Å². The molecule has 0 saturated heterocycles. The normalized spacial score (nSPS) is 19.0. The molecule has 0 radical (unpaired) electrons. The second-order valence-corrected chi connectivity index (χ2v) is 7.25. The largest absolute Gasteiger partial charge is 0.448 e. The molecule has 0 bridgehead atoms. The van der Waals surface area contributed by atoms with Gasteiger partial charge in [0.15, 0.2) is 6.10 Å². The van der Waals surface area contributed by atoms with E-state index in [1.54, 1.807) is 6.92 Å². The van der Waals surface area contributed by atoms with Gasteiger partial charge in [0.1, 0.15) is 4.88 Å². The zero-order valence-electron chi connectivity index (χ0n) is 13.1. The standard InChI is InChI=1S/C16H23NO3S/c1-9(2)17-15(18)11(4)20-16(19)14-8-12-7-10(3)5-6-13(12)21-14/h8-11H,5-7H2,1-4H3,(H,17,18)/t10-,11+/m0/s1. The number of rotatable bonds is 4. The van der Waals surface area contributed by atoms with Crippen molar-refractivity contribution in [3.63, 3.8) is 0 Å². The average molecular weight is 309 g/mol. The summed E-state index contributed by atoms with van der Waals surface area (Å²) in [6.45, 7) is 7.59. The van der Waals surface area contributed by atoms with E-state index in [1.165, 1.54) is 28.2 Å². The van der Waals surface area contributed by atoms with Gasteiger partial charge in [-0.1, -0.05) is 6.92 Å². The van der Waals surface area contributed by atoms with Crippen molar-refractivity contribution in [3.8, 4) is 0 Å². The van der Waals surface area contributed by atoms with Crippen molar-refractivity contribution in [2.24, 2.45) is 5.92 Å². The first-order valence-electron chi connectivity index (χ1n) is 7.49. The van der Waals surface area contributed by atoms with E-state index < -0.39 is 12.1 Å². The molecule has 0 unspecified atom stereocenters. The zero-order valence-corrected chi connectivity index (χ0v) is 13.9. The minimum Gasteiger partial charge on any atom is -0.448 e. The molecule has 1 N–H and O–H groups in total. The molecule has 0 aromatic carbocycles. The van der Waals surface area contributed by atoms with E-state index in [2.05, 4.69) is 12.2 Å². The first-order valence-corrected chi connectivity index (χ1v) is 8.31. The highest BCUT2D eigenvalue weighted by Gasteiger charge is 2.24. The van der Waals surface area contributed by atoms with Gasteiger partial charge < -0.3 is 10.1 Å². The lowest BCUT2D eigenvalue weighted by Crippen LogP contribution is -2.39. The van der Waals surface area contributed by atoms with E-state index in [4.69, 9.17) is 4.74 Å². The molecule has 2 atom stereocenters. The number of fused-ring (bicyclic) bond motifs is 1. The summed E-state index contributed by atoms with van der Waals surface area (Å²) in [5.41, 5.74) is 1.27. The molecule has 1 heterocycles. The van der Waals surface area contributed by atoms with Gasteiger partial charge in [-0.05, 0) is 57.6 Å². The van der Waals surface area contributed by atoms with Crippen molar-refractivity contribution < 1.29 is 14.3 Å². The van der Waals surface area contributed by atoms with Gasteiger partial charge >= 0.3 is 5.97 Å². The van der Waals surface area contributed by atoms with E-state index in [9.17, 15) is 9.59 Å². The number of carbonyl (C=O) groups is 2. The van der Waals surface area contributed by atoms with Crippen LogP contribution >= 0.6 is 11.3 Å². The van der Waals surface area contributed by atoms with Crippen LogP contribution in [0.2, 0.25) is 0 Å². The summed E-state index contributed by atoms with van der Waals surface area (Å²) in [6, 6.07) is 1.97. The van der Waals surface area contributed by atoms with Crippen LogP contribution in [0.4, 0.5) is 0 Å². The van der Waals surface area contributed by atoms with Crippen LogP contribution in [0.1, 0.15) is 54.2 Å². The Hall–Kier alpha value is -1.36. The highest BCUT2D eigenvalue weighted by atomic mass is 32.1. The van der Waals surface area contributed by atoms with Crippen LogP contribution < -0.4 is 5.32 Å². The molecule has 1 aromatic heterocycles. The number of amides is 1. The molecule has 0 fully saturated rings. The van der Waals surface area contributed by atoms with Crippen LogP contribution in [0.5, 0.6) is 0 Å². The lowest BCUT2D eigenvalue weighted by Gasteiger charge is -2.16. The second-order valence-electron chi connectivity index (χ2n) is 6.12. The van der Waals surface area contributed by atoms with Gasteiger partial charge in [0, 0.05) is 10.9 Å². The lowest BCUT2D eigenvalue weighted by atomic mass is 9.90. The molecule has 21 heavy (non-hydrogen) atoms. The molecule has 1 aromatic rings. The summed E-state index contributed by atoms with van der Waals surface area (Å²) in [7, 11) is 0. The predicted molar refractivity (Wildman–Crippen MR) is 83.7 cm³/mol. The summed E-state index contributed by atoms with van der Waals surface area (Å²) >= 11 is 1.51. The first kappa shape index (κ1) is 16.0. The lowest BCUT2D eigenvalue weighted by molar-refractivity contribution is -0.129. The van der Waals surface area contributed by atoms with Crippen LogP contribution in [-0.2, 0) is 22.4 Å². The summed E-state index contributed by atoms with van der Waals surface area (Å²) in [5.74, 6) is 0.0217. The minimum atomic E-state index is -0.766. The minimum absolute atomic E-state index is 0.0363. The van der Waals surface area contributed by atoms with Crippen molar-refractivity contribution in [3.05, 3.63) is 21.4 Å². The van der Waals surface area contributed by atoms with E-state index in [0.29, 0.717) is 10.8 Å². The third-order valence-electron chi connectivity index (χ3n) is 3.61. The van der Waals surface area contributed by atoms with Crippen molar-refractivity contribution in [1.82, 2.24) is 5.32 Å². The van der Waals surface area contributed by atoms with E-state index >= 15 is 0 Å². The first-order chi connectivity index (χ1) is 9.86. The van der Waals surface area contributed by atoms with Crippen LogP contribution in [0, 0.1) is 5.92 Å². The number of nitrogens with one attached hydrogen (secondary N) is 1.